The van der Waals surface area contributed by atoms with Gasteiger partial charge >= 0.3 is 0 Å². The average molecular weight is 208 g/mol. The number of aromatic nitrogens is 3. The Bertz CT molecular complexity index is 327. The first kappa shape index (κ1) is 10.6. The standard InChI is InChI=1S/C11H20N4/c1-3-4-11-10(7-12)13-14-15(11)8(2)9-5-6-9/h8-9H,3-7,12H2,1-2H3. The minimum absolute atomic E-state index is 0.499. The minimum Gasteiger partial charge on any atom is -0.325 e. The molecule has 0 amide bonds. The van der Waals surface area contributed by atoms with Gasteiger partial charge in [-0.15, -0.1) is 5.10 Å². The quantitative estimate of drug-likeness (QED) is 0.800. The molecule has 2 rings (SSSR count). The molecule has 1 heterocycles. The molecule has 0 saturated heterocycles. The third-order valence-electron chi connectivity index (χ3n) is 3.24. The maximum absolute atomic E-state index is 5.67. The lowest BCUT2D eigenvalue weighted by atomic mass is 10.1. The Balaban J connectivity index is 2.24. The van der Waals surface area contributed by atoms with Crippen molar-refractivity contribution in [3.63, 3.8) is 0 Å². The predicted molar refractivity (Wildman–Crippen MR) is 59.3 cm³/mol. The van der Waals surface area contributed by atoms with Gasteiger partial charge in [-0.2, -0.15) is 0 Å². The zero-order valence-electron chi connectivity index (χ0n) is 9.61. The molecule has 1 saturated carbocycles. The molecule has 1 aliphatic carbocycles. The summed E-state index contributed by atoms with van der Waals surface area (Å²) in [5, 5.41) is 8.43. The molecule has 84 valence electrons. The lowest BCUT2D eigenvalue weighted by Crippen LogP contribution is -2.13. The summed E-state index contributed by atoms with van der Waals surface area (Å²) in [7, 11) is 0. The smallest absolute Gasteiger partial charge is 0.0994 e. The number of nitrogens with two attached hydrogens (primary N) is 1. The first-order valence-electron chi connectivity index (χ1n) is 5.91. The van der Waals surface area contributed by atoms with Gasteiger partial charge in [-0.25, -0.2) is 4.68 Å². The molecule has 0 aliphatic heterocycles. The van der Waals surface area contributed by atoms with Crippen LogP contribution in [0.4, 0.5) is 0 Å². The van der Waals surface area contributed by atoms with Crippen molar-refractivity contribution in [1.29, 1.82) is 0 Å². The van der Waals surface area contributed by atoms with E-state index in [0.29, 0.717) is 12.6 Å². The minimum atomic E-state index is 0.499. The highest BCUT2D eigenvalue weighted by atomic mass is 15.4. The summed E-state index contributed by atoms with van der Waals surface area (Å²) in [6, 6.07) is 0.499. The molecular formula is C11H20N4. The second kappa shape index (κ2) is 4.31. The predicted octanol–water partition coefficient (Wildman–Crippen LogP) is 1.66. The van der Waals surface area contributed by atoms with Crippen LogP contribution in [-0.2, 0) is 13.0 Å². The highest BCUT2D eigenvalue weighted by molar-refractivity contribution is 5.11. The molecule has 1 aliphatic rings. The molecular weight excluding hydrogens is 188 g/mol. The van der Waals surface area contributed by atoms with E-state index in [4.69, 9.17) is 5.73 Å². The van der Waals surface area contributed by atoms with Crippen LogP contribution in [-0.4, -0.2) is 15.0 Å². The van der Waals surface area contributed by atoms with E-state index in [0.717, 1.165) is 24.5 Å². The monoisotopic (exact) mass is 208 g/mol. The summed E-state index contributed by atoms with van der Waals surface area (Å²) < 4.78 is 2.10. The average Bonchev–Trinajstić information content (AvgIpc) is 3.00. The normalized spacial score (nSPS) is 18.1. The molecule has 1 aromatic rings. The van der Waals surface area contributed by atoms with Crippen LogP contribution in [0.15, 0.2) is 0 Å². The van der Waals surface area contributed by atoms with Crippen LogP contribution in [0.5, 0.6) is 0 Å². The summed E-state index contributed by atoms with van der Waals surface area (Å²) in [4.78, 5) is 0. The van der Waals surface area contributed by atoms with E-state index < -0.39 is 0 Å². The third-order valence-corrected chi connectivity index (χ3v) is 3.24. The second-order valence-corrected chi connectivity index (χ2v) is 4.46. The fraction of sp³-hybridized carbons (Fsp3) is 0.818. The summed E-state index contributed by atoms with van der Waals surface area (Å²) >= 11 is 0. The number of rotatable bonds is 5. The molecule has 0 spiro atoms. The van der Waals surface area contributed by atoms with Crippen molar-refractivity contribution < 1.29 is 0 Å². The number of hydrogen-bond acceptors (Lipinski definition) is 3. The molecule has 15 heavy (non-hydrogen) atoms. The summed E-state index contributed by atoms with van der Waals surface area (Å²) in [5.41, 5.74) is 7.90. The lowest BCUT2D eigenvalue weighted by Gasteiger charge is -2.13. The van der Waals surface area contributed by atoms with E-state index >= 15 is 0 Å². The summed E-state index contributed by atoms with van der Waals surface area (Å²) in [6.07, 6.45) is 4.84. The van der Waals surface area contributed by atoms with Gasteiger partial charge in [0.1, 0.15) is 0 Å². The van der Waals surface area contributed by atoms with Crippen molar-refractivity contribution in [3.05, 3.63) is 11.4 Å². The van der Waals surface area contributed by atoms with Gasteiger partial charge < -0.3 is 5.73 Å². The van der Waals surface area contributed by atoms with Crippen LogP contribution in [0.2, 0.25) is 0 Å². The largest absolute Gasteiger partial charge is 0.325 e. The van der Waals surface area contributed by atoms with Gasteiger partial charge in [-0.3, -0.25) is 0 Å². The van der Waals surface area contributed by atoms with E-state index in [1.165, 1.54) is 18.5 Å². The highest BCUT2D eigenvalue weighted by Crippen LogP contribution is 2.39. The van der Waals surface area contributed by atoms with Gasteiger partial charge in [-0.1, -0.05) is 18.6 Å². The molecule has 4 heteroatoms. The molecule has 4 nitrogen and oxygen atoms in total. The molecule has 0 aromatic carbocycles. The Morgan fingerprint density at radius 2 is 2.27 bits per heavy atom. The Kier molecular flexibility index (Phi) is 3.05. The van der Waals surface area contributed by atoms with Crippen LogP contribution in [0.25, 0.3) is 0 Å². The van der Waals surface area contributed by atoms with Crippen LogP contribution in [0.1, 0.15) is 50.5 Å². The Labute approximate surface area is 90.8 Å². The molecule has 0 bridgehead atoms. The van der Waals surface area contributed by atoms with Crippen LogP contribution >= 0.6 is 0 Å². The fourth-order valence-corrected chi connectivity index (χ4v) is 2.11. The SMILES string of the molecule is CCCc1c(CN)nnn1C(C)C1CC1. The van der Waals surface area contributed by atoms with Gasteiger partial charge in [0, 0.05) is 6.54 Å². The zero-order valence-corrected chi connectivity index (χ0v) is 9.61. The number of hydrogen-bond donors (Lipinski definition) is 1. The Hall–Kier alpha value is -0.900. The first-order valence-corrected chi connectivity index (χ1v) is 5.91. The van der Waals surface area contributed by atoms with Crippen molar-refractivity contribution in [2.24, 2.45) is 11.7 Å². The second-order valence-electron chi connectivity index (χ2n) is 4.46. The van der Waals surface area contributed by atoms with Crippen molar-refractivity contribution in [3.8, 4) is 0 Å². The van der Waals surface area contributed by atoms with E-state index in [1.54, 1.807) is 0 Å². The van der Waals surface area contributed by atoms with Gasteiger partial charge in [0.15, 0.2) is 0 Å². The zero-order chi connectivity index (χ0) is 10.8. The maximum atomic E-state index is 5.67. The van der Waals surface area contributed by atoms with E-state index in [9.17, 15) is 0 Å². The van der Waals surface area contributed by atoms with Crippen LogP contribution < -0.4 is 5.73 Å². The molecule has 1 unspecified atom stereocenters. The van der Waals surface area contributed by atoms with Crippen molar-refractivity contribution in [1.82, 2.24) is 15.0 Å². The topological polar surface area (TPSA) is 56.7 Å². The lowest BCUT2D eigenvalue weighted by molar-refractivity contribution is 0.414. The van der Waals surface area contributed by atoms with E-state index in [2.05, 4.69) is 28.8 Å². The molecule has 2 N–H and O–H groups in total. The molecule has 1 aromatic heterocycles. The first-order chi connectivity index (χ1) is 7.27. The van der Waals surface area contributed by atoms with Crippen LogP contribution in [0, 0.1) is 5.92 Å². The maximum Gasteiger partial charge on any atom is 0.0994 e. The summed E-state index contributed by atoms with van der Waals surface area (Å²) in [5.74, 6) is 0.813. The van der Waals surface area contributed by atoms with Gasteiger partial charge in [0.25, 0.3) is 0 Å². The van der Waals surface area contributed by atoms with Crippen LogP contribution in [0.3, 0.4) is 0 Å². The third kappa shape index (κ3) is 2.04. The highest BCUT2D eigenvalue weighted by Gasteiger charge is 2.31. The fourth-order valence-electron chi connectivity index (χ4n) is 2.11. The van der Waals surface area contributed by atoms with Crippen molar-refractivity contribution >= 4 is 0 Å². The summed E-state index contributed by atoms with van der Waals surface area (Å²) in [6.45, 7) is 4.93. The molecule has 1 fully saturated rings. The van der Waals surface area contributed by atoms with Gasteiger partial charge in [0.2, 0.25) is 0 Å². The van der Waals surface area contributed by atoms with Crippen molar-refractivity contribution in [2.45, 2.75) is 52.1 Å². The molecule has 1 atom stereocenters. The van der Waals surface area contributed by atoms with Crippen molar-refractivity contribution in [2.75, 3.05) is 0 Å². The van der Waals surface area contributed by atoms with Gasteiger partial charge in [0.05, 0.1) is 17.4 Å². The van der Waals surface area contributed by atoms with E-state index in [1.807, 2.05) is 0 Å². The van der Waals surface area contributed by atoms with E-state index in [-0.39, 0.29) is 0 Å². The number of nitrogens with zero attached hydrogens (tertiary/aromatic N) is 3. The molecule has 0 radical (unpaired) electrons. The Morgan fingerprint density at radius 1 is 1.53 bits per heavy atom. The Morgan fingerprint density at radius 3 is 2.80 bits per heavy atom. The van der Waals surface area contributed by atoms with Gasteiger partial charge in [-0.05, 0) is 32.1 Å².